The van der Waals surface area contributed by atoms with E-state index in [1.807, 2.05) is 38.1 Å². The lowest BCUT2D eigenvalue weighted by Gasteiger charge is -2.19. The van der Waals surface area contributed by atoms with Crippen LogP contribution in [0.3, 0.4) is 0 Å². The van der Waals surface area contributed by atoms with E-state index in [-0.39, 0.29) is 18.3 Å². The summed E-state index contributed by atoms with van der Waals surface area (Å²) >= 11 is 1.45. The summed E-state index contributed by atoms with van der Waals surface area (Å²) < 4.78 is 15.7. The van der Waals surface area contributed by atoms with Gasteiger partial charge in [0, 0.05) is 41.9 Å². The fourth-order valence-electron chi connectivity index (χ4n) is 3.37. The molecule has 0 aliphatic heterocycles. The van der Waals surface area contributed by atoms with Crippen LogP contribution in [-0.2, 0) is 12.3 Å². The predicted octanol–water partition coefficient (Wildman–Crippen LogP) is 4.44. The van der Waals surface area contributed by atoms with Crippen molar-refractivity contribution < 1.29 is 9.18 Å². The Bertz CT molecular complexity index is 1260. The molecule has 2 aromatic heterocycles. The zero-order valence-corrected chi connectivity index (χ0v) is 18.4. The molecular weight excluding hydrogens is 413 g/mol. The van der Waals surface area contributed by atoms with E-state index >= 15 is 0 Å². The van der Waals surface area contributed by atoms with Gasteiger partial charge in [-0.05, 0) is 37.6 Å². The van der Waals surface area contributed by atoms with Crippen molar-refractivity contribution in [3.63, 3.8) is 0 Å². The van der Waals surface area contributed by atoms with Crippen LogP contribution in [-0.4, -0.2) is 37.4 Å². The van der Waals surface area contributed by atoms with Gasteiger partial charge in [0.1, 0.15) is 5.82 Å². The highest BCUT2D eigenvalue weighted by Gasteiger charge is 2.18. The van der Waals surface area contributed by atoms with Crippen molar-refractivity contribution in [1.29, 1.82) is 0 Å². The van der Waals surface area contributed by atoms with Gasteiger partial charge < -0.3 is 4.90 Å². The van der Waals surface area contributed by atoms with Gasteiger partial charge in [-0.1, -0.05) is 48.2 Å². The van der Waals surface area contributed by atoms with Crippen LogP contribution in [0, 0.1) is 19.7 Å². The smallest absolute Gasteiger partial charge is 0.254 e. The number of hydrogen-bond donors (Lipinski definition) is 0. The van der Waals surface area contributed by atoms with Gasteiger partial charge in [-0.3, -0.25) is 4.79 Å². The zero-order chi connectivity index (χ0) is 22.0. The number of aryl methyl sites for hydroxylation is 2. The van der Waals surface area contributed by atoms with Crippen LogP contribution in [0.5, 0.6) is 0 Å². The maximum Gasteiger partial charge on any atom is 0.254 e. The minimum atomic E-state index is -0.317. The molecule has 8 heteroatoms. The Morgan fingerprint density at radius 2 is 1.77 bits per heavy atom. The number of rotatable bonds is 6. The quantitative estimate of drug-likeness (QED) is 0.419. The van der Waals surface area contributed by atoms with Gasteiger partial charge in [0.15, 0.2) is 0 Å². The third-order valence-corrected chi connectivity index (χ3v) is 5.80. The van der Waals surface area contributed by atoms with E-state index in [4.69, 9.17) is 0 Å². The highest BCUT2D eigenvalue weighted by Crippen LogP contribution is 2.24. The predicted molar refractivity (Wildman–Crippen MR) is 118 cm³/mol. The first-order valence-electron chi connectivity index (χ1n) is 9.83. The van der Waals surface area contributed by atoms with Crippen LogP contribution in [0.4, 0.5) is 4.39 Å². The lowest BCUT2D eigenvalue weighted by molar-refractivity contribution is 0.0783. The lowest BCUT2D eigenvalue weighted by Crippen LogP contribution is -2.27. The highest BCUT2D eigenvalue weighted by molar-refractivity contribution is 7.98. The molecule has 0 saturated heterocycles. The highest BCUT2D eigenvalue weighted by atomic mass is 32.2. The summed E-state index contributed by atoms with van der Waals surface area (Å²) in [5, 5.41) is 5.11. The summed E-state index contributed by atoms with van der Waals surface area (Å²) in [6.45, 7) is 4.09. The lowest BCUT2D eigenvalue weighted by atomic mass is 10.1. The minimum Gasteiger partial charge on any atom is -0.337 e. The molecule has 2 aromatic carbocycles. The van der Waals surface area contributed by atoms with Gasteiger partial charge in [0.25, 0.3) is 11.7 Å². The number of carbonyl (C=O) groups is 1. The van der Waals surface area contributed by atoms with Gasteiger partial charge in [-0.15, -0.1) is 5.10 Å². The Morgan fingerprint density at radius 1 is 1.06 bits per heavy atom. The number of halogens is 1. The van der Waals surface area contributed by atoms with E-state index < -0.39 is 0 Å². The van der Waals surface area contributed by atoms with Crippen LogP contribution in [0.15, 0.2) is 59.8 Å². The molecule has 0 aliphatic carbocycles. The minimum absolute atomic E-state index is 0.157. The number of hydrogen-bond acceptors (Lipinski definition) is 5. The Hall–Kier alpha value is -3.26. The molecule has 6 nitrogen and oxygen atoms in total. The normalized spacial score (nSPS) is 11.1. The van der Waals surface area contributed by atoms with Crippen LogP contribution in [0.2, 0.25) is 0 Å². The molecule has 158 valence electrons. The van der Waals surface area contributed by atoms with Crippen LogP contribution >= 0.6 is 11.8 Å². The fourth-order valence-corrected chi connectivity index (χ4v) is 4.19. The summed E-state index contributed by atoms with van der Waals surface area (Å²) in [7, 11) is 1.68. The first kappa shape index (κ1) is 21.0. The molecule has 0 atom stereocenters. The van der Waals surface area contributed by atoms with Gasteiger partial charge in [-0.25, -0.2) is 13.9 Å². The number of aromatic nitrogens is 4. The monoisotopic (exact) mass is 435 g/mol. The van der Waals surface area contributed by atoms with Gasteiger partial charge in [-0.2, -0.15) is 4.98 Å². The summed E-state index contributed by atoms with van der Waals surface area (Å²) in [6, 6.07) is 15.9. The number of fused-ring (bicyclic) bond motifs is 1. The van der Waals surface area contributed by atoms with E-state index in [1.54, 1.807) is 35.8 Å². The first-order valence-corrected chi connectivity index (χ1v) is 10.8. The topological polar surface area (TPSA) is 63.4 Å². The molecule has 0 bridgehead atoms. The largest absolute Gasteiger partial charge is 0.337 e. The van der Waals surface area contributed by atoms with Gasteiger partial charge in [0.05, 0.1) is 0 Å². The summed E-state index contributed by atoms with van der Waals surface area (Å²) in [6.07, 6.45) is 0. The Balaban J connectivity index is 1.51. The average molecular weight is 436 g/mol. The fraction of sp³-hybridized carbons (Fsp3) is 0.217. The van der Waals surface area contributed by atoms with Crippen LogP contribution in [0.1, 0.15) is 32.9 Å². The molecule has 0 spiro atoms. The molecule has 0 saturated carbocycles. The Labute approximate surface area is 184 Å². The molecule has 0 radical (unpaired) electrons. The molecule has 4 rings (SSSR count). The van der Waals surface area contributed by atoms with Crippen molar-refractivity contribution in [2.75, 3.05) is 7.05 Å². The summed E-state index contributed by atoms with van der Waals surface area (Å²) in [5.74, 6) is 0.622. The second kappa shape index (κ2) is 8.85. The SMILES string of the molecule is Cc1cc(C)n2nc(SCc3ccccc3C(=O)N(C)Cc3ccccc3F)nc2n1. The number of carbonyl (C=O) groups excluding carboxylic acids is 1. The van der Waals surface area contributed by atoms with Gasteiger partial charge in [0.2, 0.25) is 5.16 Å². The number of amides is 1. The average Bonchev–Trinajstić information content (AvgIpc) is 3.17. The van der Waals surface area contributed by atoms with Crippen molar-refractivity contribution in [2.45, 2.75) is 31.3 Å². The third-order valence-electron chi connectivity index (χ3n) is 4.92. The standard InChI is InChI=1S/C23H22FN5OS/c1-15-12-16(2)29-22(25-15)26-23(27-29)31-14-18-9-4-6-10-19(18)21(30)28(3)13-17-8-5-7-11-20(17)24/h4-12H,13-14H2,1-3H3. The van der Waals surface area contributed by atoms with Crippen molar-refractivity contribution in [3.05, 3.63) is 88.5 Å². The van der Waals surface area contributed by atoms with Crippen molar-refractivity contribution in [3.8, 4) is 0 Å². The molecule has 0 unspecified atom stereocenters. The first-order chi connectivity index (χ1) is 14.9. The van der Waals surface area contributed by atoms with E-state index in [0.717, 1.165) is 17.0 Å². The second-order valence-corrected chi connectivity index (χ2v) is 8.29. The molecule has 2 heterocycles. The van der Waals surface area contributed by atoms with E-state index in [9.17, 15) is 9.18 Å². The summed E-state index contributed by atoms with van der Waals surface area (Å²) in [5.41, 5.74) is 3.80. The molecule has 0 aliphatic rings. The number of thioether (sulfide) groups is 1. The Morgan fingerprint density at radius 3 is 2.55 bits per heavy atom. The van der Waals surface area contributed by atoms with Crippen molar-refractivity contribution in [2.24, 2.45) is 0 Å². The van der Waals surface area contributed by atoms with Gasteiger partial charge >= 0.3 is 0 Å². The molecule has 31 heavy (non-hydrogen) atoms. The Kier molecular flexibility index (Phi) is 5.99. The van der Waals surface area contributed by atoms with E-state index in [2.05, 4.69) is 15.1 Å². The number of benzene rings is 2. The molecule has 0 N–H and O–H groups in total. The van der Waals surface area contributed by atoms with Crippen molar-refractivity contribution >= 4 is 23.4 Å². The maximum absolute atomic E-state index is 14.0. The second-order valence-electron chi connectivity index (χ2n) is 7.34. The van der Waals surface area contributed by atoms with Crippen LogP contribution in [0.25, 0.3) is 5.78 Å². The van der Waals surface area contributed by atoms with E-state index in [0.29, 0.717) is 27.8 Å². The van der Waals surface area contributed by atoms with Crippen LogP contribution < -0.4 is 0 Å². The number of nitrogens with zero attached hydrogens (tertiary/aromatic N) is 5. The molecule has 4 aromatic rings. The third kappa shape index (κ3) is 4.59. The van der Waals surface area contributed by atoms with E-state index in [1.165, 1.54) is 22.7 Å². The summed E-state index contributed by atoms with van der Waals surface area (Å²) in [4.78, 5) is 23.5. The molecular formula is C23H22FN5OS. The van der Waals surface area contributed by atoms with Crippen molar-refractivity contribution in [1.82, 2.24) is 24.5 Å². The molecule has 0 fully saturated rings. The maximum atomic E-state index is 14.0. The zero-order valence-electron chi connectivity index (χ0n) is 17.5. The molecule has 1 amide bonds.